The van der Waals surface area contributed by atoms with Gasteiger partial charge in [0.15, 0.2) is 11.5 Å². The number of ether oxygens (including phenoxy) is 2. The first-order valence-corrected chi connectivity index (χ1v) is 14.3. The summed E-state index contributed by atoms with van der Waals surface area (Å²) in [4.78, 5) is 14.6. The van der Waals surface area contributed by atoms with Crippen LogP contribution in [0.15, 0.2) is 42.1 Å². The molecule has 1 aromatic carbocycles. The van der Waals surface area contributed by atoms with Crippen LogP contribution in [0.2, 0.25) is 0 Å². The van der Waals surface area contributed by atoms with Crippen molar-refractivity contribution in [2.75, 3.05) is 33.4 Å². The molecule has 202 valence electrons. The molecule has 1 aliphatic rings. The summed E-state index contributed by atoms with van der Waals surface area (Å²) >= 11 is 0. The number of methoxy groups -OCH3 is 1. The summed E-state index contributed by atoms with van der Waals surface area (Å²) in [6.07, 6.45) is 22.6. The number of hydrogen-bond donors (Lipinski definition) is 1. The maximum absolute atomic E-state index is 12.4. The van der Waals surface area contributed by atoms with E-state index in [1.165, 1.54) is 70.6 Å². The van der Waals surface area contributed by atoms with E-state index < -0.39 is 0 Å². The van der Waals surface area contributed by atoms with E-state index in [1.54, 1.807) is 7.11 Å². The molecule has 0 aromatic heterocycles. The van der Waals surface area contributed by atoms with Crippen molar-refractivity contribution in [1.29, 1.82) is 0 Å². The summed E-state index contributed by atoms with van der Waals surface area (Å²) in [5.41, 5.74) is 2.07. The predicted molar refractivity (Wildman–Crippen MR) is 151 cm³/mol. The van der Waals surface area contributed by atoms with Gasteiger partial charge in [0.05, 0.1) is 20.1 Å². The minimum atomic E-state index is 0.00874. The molecule has 5 heteroatoms. The van der Waals surface area contributed by atoms with Gasteiger partial charge < -0.3 is 19.7 Å². The fourth-order valence-corrected chi connectivity index (χ4v) is 4.45. The van der Waals surface area contributed by atoms with E-state index in [9.17, 15) is 4.79 Å². The van der Waals surface area contributed by atoms with Gasteiger partial charge in [-0.05, 0) is 48.9 Å². The number of unbranched alkanes of at least 4 members (excludes halogenated alkanes) is 11. The van der Waals surface area contributed by atoms with Gasteiger partial charge in [0.2, 0.25) is 5.91 Å². The van der Waals surface area contributed by atoms with Gasteiger partial charge in [0.25, 0.3) is 0 Å². The van der Waals surface area contributed by atoms with Crippen LogP contribution >= 0.6 is 0 Å². The average Bonchev–Trinajstić information content (AvgIpc) is 2.91. The molecular formula is C31H50N2O3. The summed E-state index contributed by atoms with van der Waals surface area (Å²) in [5, 5.41) is 3.02. The lowest BCUT2D eigenvalue weighted by molar-refractivity contribution is -0.120. The molecule has 5 nitrogen and oxygen atoms in total. The second-order valence-electron chi connectivity index (χ2n) is 9.86. The summed E-state index contributed by atoms with van der Waals surface area (Å²) in [7, 11) is 1.65. The van der Waals surface area contributed by atoms with Crippen LogP contribution in [0.3, 0.4) is 0 Å². The van der Waals surface area contributed by atoms with Crippen LogP contribution in [-0.4, -0.2) is 44.2 Å². The van der Waals surface area contributed by atoms with E-state index in [-0.39, 0.29) is 5.91 Å². The second kappa shape index (κ2) is 18.8. The minimum Gasteiger partial charge on any atom is -0.493 e. The van der Waals surface area contributed by atoms with Crippen molar-refractivity contribution < 1.29 is 14.3 Å². The van der Waals surface area contributed by atoms with Crippen LogP contribution in [0.4, 0.5) is 0 Å². The molecule has 1 N–H and O–H groups in total. The van der Waals surface area contributed by atoms with Gasteiger partial charge in [-0.25, -0.2) is 0 Å². The van der Waals surface area contributed by atoms with Crippen molar-refractivity contribution >= 4 is 5.91 Å². The number of carbonyl (C=O) groups is 1. The maximum Gasteiger partial charge on any atom is 0.224 e. The van der Waals surface area contributed by atoms with E-state index in [0.717, 1.165) is 36.4 Å². The Labute approximate surface area is 220 Å². The SMILES string of the molecule is CCCCCCCCCCCCCCOc1ccc(CC(=O)NCC2=CCN(CC)C=C2)cc1OC. The third-order valence-electron chi connectivity index (χ3n) is 6.83. The zero-order valence-corrected chi connectivity index (χ0v) is 23.2. The van der Waals surface area contributed by atoms with Gasteiger partial charge in [-0.2, -0.15) is 0 Å². The fraction of sp³-hybridized carbons (Fsp3) is 0.645. The van der Waals surface area contributed by atoms with Crippen molar-refractivity contribution in [1.82, 2.24) is 10.2 Å². The number of carbonyl (C=O) groups excluding carboxylic acids is 1. The highest BCUT2D eigenvalue weighted by Gasteiger charge is 2.10. The molecule has 0 saturated carbocycles. The predicted octanol–water partition coefficient (Wildman–Crippen LogP) is 7.21. The van der Waals surface area contributed by atoms with E-state index >= 15 is 0 Å². The van der Waals surface area contributed by atoms with Gasteiger partial charge in [0.1, 0.15) is 0 Å². The molecule has 36 heavy (non-hydrogen) atoms. The molecule has 0 radical (unpaired) electrons. The lowest BCUT2D eigenvalue weighted by Gasteiger charge is -2.20. The highest BCUT2D eigenvalue weighted by molar-refractivity contribution is 5.79. The van der Waals surface area contributed by atoms with Crippen LogP contribution in [-0.2, 0) is 11.2 Å². The summed E-state index contributed by atoms with van der Waals surface area (Å²) in [5.74, 6) is 1.45. The molecule has 0 aliphatic carbocycles. The third-order valence-corrected chi connectivity index (χ3v) is 6.83. The number of amides is 1. The molecule has 0 atom stereocenters. The minimum absolute atomic E-state index is 0.00874. The summed E-state index contributed by atoms with van der Waals surface area (Å²) < 4.78 is 11.5. The molecule has 0 spiro atoms. The molecule has 1 amide bonds. The van der Waals surface area contributed by atoms with Gasteiger partial charge in [-0.15, -0.1) is 0 Å². The van der Waals surface area contributed by atoms with E-state index in [4.69, 9.17) is 9.47 Å². The van der Waals surface area contributed by atoms with Crippen LogP contribution in [0, 0.1) is 0 Å². The highest BCUT2D eigenvalue weighted by atomic mass is 16.5. The van der Waals surface area contributed by atoms with E-state index in [0.29, 0.717) is 25.3 Å². The lowest BCUT2D eigenvalue weighted by Crippen LogP contribution is -2.28. The van der Waals surface area contributed by atoms with Crippen molar-refractivity contribution in [2.24, 2.45) is 0 Å². The van der Waals surface area contributed by atoms with Crippen LogP contribution in [0.5, 0.6) is 11.5 Å². The van der Waals surface area contributed by atoms with Crippen LogP contribution in [0.25, 0.3) is 0 Å². The third kappa shape index (κ3) is 12.5. The molecule has 0 unspecified atom stereocenters. The van der Waals surface area contributed by atoms with Crippen LogP contribution < -0.4 is 14.8 Å². The Bertz CT molecular complexity index is 803. The normalized spacial score (nSPS) is 13.0. The molecule has 0 fully saturated rings. The Morgan fingerprint density at radius 1 is 0.917 bits per heavy atom. The van der Waals surface area contributed by atoms with E-state index in [2.05, 4.69) is 42.4 Å². The second-order valence-corrected chi connectivity index (χ2v) is 9.86. The van der Waals surface area contributed by atoms with Gasteiger partial charge in [-0.1, -0.05) is 89.7 Å². The van der Waals surface area contributed by atoms with Crippen molar-refractivity contribution in [3.63, 3.8) is 0 Å². The molecular weight excluding hydrogens is 448 g/mol. The molecule has 1 heterocycles. The Morgan fingerprint density at radius 3 is 2.17 bits per heavy atom. The van der Waals surface area contributed by atoms with Gasteiger partial charge in [0, 0.05) is 19.6 Å². The average molecular weight is 499 g/mol. The Balaban J connectivity index is 1.58. The van der Waals surface area contributed by atoms with E-state index in [1.807, 2.05) is 18.2 Å². The topological polar surface area (TPSA) is 50.8 Å². The fourth-order valence-electron chi connectivity index (χ4n) is 4.45. The molecule has 1 aliphatic heterocycles. The molecule has 0 bridgehead atoms. The van der Waals surface area contributed by atoms with Gasteiger partial charge in [-0.3, -0.25) is 4.79 Å². The summed E-state index contributed by atoms with van der Waals surface area (Å²) in [6, 6.07) is 5.79. The monoisotopic (exact) mass is 498 g/mol. The largest absolute Gasteiger partial charge is 0.493 e. The zero-order chi connectivity index (χ0) is 25.8. The smallest absolute Gasteiger partial charge is 0.224 e. The Morgan fingerprint density at radius 2 is 1.58 bits per heavy atom. The first-order valence-electron chi connectivity index (χ1n) is 14.3. The van der Waals surface area contributed by atoms with Crippen molar-refractivity contribution in [2.45, 2.75) is 97.3 Å². The molecule has 2 rings (SSSR count). The number of nitrogens with zero attached hydrogens (tertiary/aromatic N) is 1. The molecule has 0 saturated heterocycles. The number of rotatable bonds is 20. The first kappa shape index (κ1) is 29.8. The lowest BCUT2D eigenvalue weighted by atomic mass is 10.1. The van der Waals surface area contributed by atoms with Gasteiger partial charge >= 0.3 is 0 Å². The highest BCUT2D eigenvalue weighted by Crippen LogP contribution is 2.28. The van der Waals surface area contributed by atoms with Crippen molar-refractivity contribution in [3.8, 4) is 11.5 Å². The Hall–Kier alpha value is -2.43. The number of hydrogen-bond acceptors (Lipinski definition) is 4. The zero-order valence-electron chi connectivity index (χ0n) is 23.2. The maximum atomic E-state index is 12.4. The number of nitrogens with one attached hydrogen (secondary N) is 1. The Kier molecular flexibility index (Phi) is 15.5. The number of benzene rings is 1. The van der Waals surface area contributed by atoms with Crippen LogP contribution in [0.1, 0.15) is 96.5 Å². The molecule has 1 aromatic rings. The first-order chi connectivity index (χ1) is 17.7. The quantitative estimate of drug-likeness (QED) is 0.193. The summed E-state index contributed by atoms with van der Waals surface area (Å²) in [6.45, 7) is 7.56. The standard InChI is InChI=1S/C31H50N2O3/c1-4-6-7-8-9-10-11-12-13-14-15-16-23-36-29-18-17-28(24-30(29)35-3)25-31(34)32-26-27-19-21-33(5-2)22-20-27/h17-21,24H,4-16,22-23,25-26H2,1-3H3,(H,32,34). The van der Waals surface area contributed by atoms with Crippen molar-refractivity contribution in [3.05, 3.63) is 47.7 Å². The number of likely N-dealkylation sites (N-methyl/N-ethyl adjacent to an activating group) is 1.